The van der Waals surface area contributed by atoms with E-state index in [4.69, 9.17) is 0 Å². The van der Waals surface area contributed by atoms with E-state index in [2.05, 4.69) is 131 Å². The molecule has 6 aromatic rings. The molecule has 0 fully saturated rings. The van der Waals surface area contributed by atoms with Gasteiger partial charge in [-0.3, -0.25) is 0 Å². The Kier molecular flexibility index (Phi) is 4.11. The summed E-state index contributed by atoms with van der Waals surface area (Å²) in [5.41, 5.74) is 7.27. The van der Waals surface area contributed by atoms with Crippen molar-refractivity contribution < 1.29 is 0 Å². The van der Waals surface area contributed by atoms with Gasteiger partial charge in [0.15, 0.2) is 0 Å². The van der Waals surface area contributed by atoms with Crippen molar-refractivity contribution in [1.82, 2.24) is 4.57 Å². The van der Waals surface area contributed by atoms with E-state index in [9.17, 15) is 0 Å². The summed E-state index contributed by atoms with van der Waals surface area (Å²) in [6.45, 7) is 0. The molecule has 1 aromatic heterocycles. The highest BCUT2D eigenvalue weighted by molar-refractivity contribution is 7.99. The summed E-state index contributed by atoms with van der Waals surface area (Å²) in [5, 5.41) is 2.57. The minimum atomic E-state index is 1.15. The zero-order valence-electron chi connectivity index (χ0n) is 17.8. The Balaban J connectivity index is 1.52. The van der Waals surface area contributed by atoms with Crippen LogP contribution in [0.1, 0.15) is 0 Å². The highest BCUT2D eigenvalue weighted by atomic mass is 32.2. The van der Waals surface area contributed by atoms with Gasteiger partial charge in [0.1, 0.15) is 0 Å². The van der Waals surface area contributed by atoms with Gasteiger partial charge in [-0.15, -0.1) is 0 Å². The lowest BCUT2D eigenvalue weighted by atomic mass is 10.1. The van der Waals surface area contributed by atoms with Crippen molar-refractivity contribution in [1.29, 1.82) is 0 Å². The lowest BCUT2D eigenvalue weighted by Crippen LogP contribution is -2.09. The number of hydrogen-bond acceptors (Lipinski definition) is 2. The molecule has 0 spiro atoms. The molecular formula is C30H20N2S. The maximum atomic E-state index is 2.44. The van der Waals surface area contributed by atoms with Crippen molar-refractivity contribution in [2.75, 3.05) is 4.90 Å². The SMILES string of the molecule is c1ccc(N(c2ccccc2)c2ccc3c(c2)c2cccc4c2n3-c2ccccc2S4)cc1. The highest BCUT2D eigenvalue weighted by Crippen LogP contribution is 2.47. The Morgan fingerprint density at radius 2 is 1.18 bits per heavy atom. The molecule has 0 unspecified atom stereocenters. The van der Waals surface area contributed by atoms with Gasteiger partial charge in [-0.1, -0.05) is 72.4 Å². The lowest BCUT2D eigenvalue weighted by molar-refractivity contribution is 1.09. The first kappa shape index (κ1) is 18.6. The number of fused-ring (bicyclic) bond motifs is 5. The summed E-state index contributed by atoms with van der Waals surface area (Å²) < 4.78 is 2.44. The molecule has 0 N–H and O–H groups in total. The molecule has 0 saturated heterocycles. The maximum Gasteiger partial charge on any atom is 0.0681 e. The van der Waals surface area contributed by atoms with Gasteiger partial charge in [0.05, 0.1) is 16.7 Å². The topological polar surface area (TPSA) is 8.17 Å². The van der Waals surface area contributed by atoms with Gasteiger partial charge in [-0.25, -0.2) is 0 Å². The lowest BCUT2D eigenvalue weighted by Gasteiger charge is -2.25. The maximum absolute atomic E-state index is 2.44. The molecule has 1 aliphatic rings. The molecule has 156 valence electrons. The van der Waals surface area contributed by atoms with Crippen LogP contribution in [0.5, 0.6) is 0 Å². The molecule has 5 aromatic carbocycles. The number of para-hydroxylation sites is 4. The van der Waals surface area contributed by atoms with Crippen LogP contribution < -0.4 is 4.90 Å². The minimum Gasteiger partial charge on any atom is -0.310 e. The molecule has 0 atom stereocenters. The average Bonchev–Trinajstić information content (AvgIpc) is 3.21. The standard InChI is InChI=1S/C30H20N2S/c1-3-10-21(11-4-1)31(22-12-5-2-6-13-22)23-18-19-26-25(20-23)24-14-9-17-29-30(24)32(26)27-15-7-8-16-28(27)33-29/h1-20H. The summed E-state index contributed by atoms with van der Waals surface area (Å²) in [5.74, 6) is 0. The van der Waals surface area contributed by atoms with Crippen LogP contribution in [0, 0.1) is 0 Å². The highest BCUT2D eigenvalue weighted by Gasteiger charge is 2.23. The molecule has 2 heterocycles. The summed E-state index contributed by atoms with van der Waals surface area (Å²) in [7, 11) is 0. The van der Waals surface area contributed by atoms with Crippen LogP contribution in [0.3, 0.4) is 0 Å². The van der Waals surface area contributed by atoms with Gasteiger partial charge in [0, 0.05) is 37.6 Å². The largest absolute Gasteiger partial charge is 0.310 e. The van der Waals surface area contributed by atoms with Gasteiger partial charge in [0.25, 0.3) is 0 Å². The zero-order chi connectivity index (χ0) is 21.8. The molecule has 0 radical (unpaired) electrons. The van der Waals surface area contributed by atoms with Crippen LogP contribution in [0.25, 0.3) is 27.5 Å². The second-order valence-electron chi connectivity index (χ2n) is 8.27. The van der Waals surface area contributed by atoms with E-state index < -0.39 is 0 Å². The third-order valence-electron chi connectivity index (χ3n) is 6.35. The van der Waals surface area contributed by atoms with Crippen molar-refractivity contribution >= 4 is 50.6 Å². The summed E-state index contributed by atoms with van der Waals surface area (Å²) in [6, 6.07) is 43.4. The molecule has 33 heavy (non-hydrogen) atoms. The predicted molar refractivity (Wildman–Crippen MR) is 140 cm³/mol. The molecule has 0 saturated carbocycles. The Morgan fingerprint density at radius 1 is 0.515 bits per heavy atom. The first-order valence-electron chi connectivity index (χ1n) is 11.1. The van der Waals surface area contributed by atoms with E-state index in [1.54, 1.807) is 0 Å². The third kappa shape index (κ3) is 2.83. The van der Waals surface area contributed by atoms with E-state index in [1.165, 1.54) is 37.3 Å². The van der Waals surface area contributed by atoms with Crippen molar-refractivity contribution in [2.45, 2.75) is 9.79 Å². The fourth-order valence-corrected chi connectivity index (χ4v) is 6.04. The number of anilines is 3. The molecular weight excluding hydrogens is 420 g/mol. The summed E-state index contributed by atoms with van der Waals surface area (Å²) in [6.07, 6.45) is 0. The Hall–Kier alpha value is -3.95. The third-order valence-corrected chi connectivity index (χ3v) is 7.46. The first-order chi connectivity index (χ1) is 16.4. The Bertz CT molecular complexity index is 1600. The van der Waals surface area contributed by atoms with Gasteiger partial charge in [0.2, 0.25) is 0 Å². The van der Waals surface area contributed by atoms with Crippen LogP contribution >= 0.6 is 11.8 Å². The normalized spacial score (nSPS) is 12.1. The smallest absolute Gasteiger partial charge is 0.0681 e. The first-order valence-corrected chi connectivity index (χ1v) is 11.9. The predicted octanol–water partition coefficient (Wildman–Crippen LogP) is 8.72. The van der Waals surface area contributed by atoms with E-state index in [-0.39, 0.29) is 0 Å². The minimum absolute atomic E-state index is 1.15. The average molecular weight is 441 g/mol. The molecule has 2 nitrogen and oxygen atoms in total. The van der Waals surface area contributed by atoms with Crippen LogP contribution in [0.15, 0.2) is 131 Å². The van der Waals surface area contributed by atoms with Crippen molar-refractivity contribution in [3.05, 3.63) is 121 Å². The van der Waals surface area contributed by atoms with Crippen molar-refractivity contribution in [3.63, 3.8) is 0 Å². The molecule has 3 heteroatoms. The molecule has 7 rings (SSSR count). The van der Waals surface area contributed by atoms with Crippen LogP contribution in [-0.2, 0) is 0 Å². The number of rotatable bonds is 3. The van der Waals surface area contributed by atoms with E-state index in [0.717, 1.165) is 17.1 Å². The molecule has 0 amide bonds. The van der Waals surface area contributed by atoms with E-state index in [0.29, 0.717) is 0 Å². The second kappa shape index (κ2) is 7.29. The van der Waals surface area contributed by atoms with Gasteiger partial charge < -0.3 is 9.47 Å². The zero-order valence-corrected chi connectivity index (χ0v) is 18.7. The fourth-order valence-electron chi connectivity index (χ4n) is 4.95. The van der Waals surface area contributed by atoms with Crippen LogP contribution in [0.2, 0.25) is 0 Å². The quantitative estimate of drug-likeness (QED) is 0.271. The van der Waals surface area contributed by atoms with Crippen molar-refractivity contribution in [3.8, 4) is 5.69 Å². The molecule has 1 aliphatic heterocycles. The van der Waals surface area contributed by atoms with Gasteiger partial charge in [-0.05, 0) is 60.7 Å². The van der Waals surface area contributed by atoms with Crippen LogP contribution in [-0.4, -0.2) is 4.57 Å². The molecule has 0 bridgehead atoms. The van der Waals surface area contributed by atoms with Gasteiger partial charge in [-0.2, -0.15) is 0 Å². The van der Waals surface area contributed by atoms with Crippen molar-refractivity contribution in [2.24, 2.45) is 0 Å². The van der Waals surface area contributed by atoms with E-state index >= 15 is 0 Å². The van der Waals surface area contributed by atoms with Gasteiger partial charge >= 0.3 is 0 Å². The number of benzene rings is 5. The summed E-state index contributed by atoms with van der Waals surface area (Å²) >= 11 is 1.86. The molecule has 0 aliphatic carbocycles. The number of nitrogens with zero attached hydrogens (tertiary/aromatic N) is 2. The van der Waals surface area contributed by atoms with Crippen LogP contribution in [0.4, 0.5) is 17.1 Å². The Morgan fingerprint density at radius 3 is 1.94 bits per heavy atom. The Labute approximate surface area is 196 Å². The summed E-state index contributed by atoms with van der Waals surface area (Å²) in [4.78, 5) is 4.94. The van der Waals surface area contributed by atoms with E-state index in [1.807, 2.05) is 11.8 Å². The number of hydrogen-bond donors (Lipinski definition) is 0. The monoisotopic (exact) mass is 440 g/mol. The fraction of sp³-hybridized carbons (Fsp3) is 0. The number of aromatic nitrogens is 1. The second-order valence-corrected chi connectivity index (χ2v) is 9.35.